The molecule has 4 rings (SSSR count). The number of rotatable bonds is 3. The summed E-state index contributed by atoms with van der Waals surface area (Å²) in [5.74, 6) is -0.272. The number of benzene rings is 2. The zero-order valence-corrected chi connectivity index (χ0v) is 14.4. The van der Waals surface area contributed by atoms with Gasteiger partial charge < -0.3 is 9.47 Å². The second kappa shape index (κ2) is 7.12. The Morgan fingerprint density at radius 2 is 1.81 bits per heavy atom. The summed E-state index contributed by atoms with van der Waals surface area (Å²) in [5, 5.41) is 0. The Labute approximate surface area is 151 Å². The number of aromatic nitrogens is 2. The van der Waals surface area contributed by atoms with Gasteiger partial charge in [0.1, 0.15) is 5.82 Å². The molecule has 0 saturated carbocycles. The molecule has 3 aromatic rings. The van der Waals surface area contributed by atoms with Crippen LogP contribution >= 0.6 is 0 Å². The lowest BCUT2D eigenvalue weighted by atomic mass is 10.0. The maximum Gasteiger partial charge on any atom is 0.246 e. The number of piperidine rings is 1. The first kappa shape index (κ1) is 16.5. The van der Waals surface area contributed by atoms with Crippen LogP contribution in [0.4, 0.5) is 4.39 Å². The Morgan fingerprint density at radius 3 is 2.58 bits per heavy atom. The van der Waals surface area contributed by atoms with Crippen LogP contribution < -0.4 is 0 Å². The van der Waals surface area contributed by atoms with Crippen LogP contribution in [-0.2, 0) is 4.79 Å². The van der Waals surface area contributed by atoms with Crippen molar-refractivity contribution in [3.05, 3.63) is 72.3 Å². The number of carbonyl (C=O) groups excluding carboxylic acids is 1. The van der Waals surface area contributed by atoms with E-state index in [4.69, 9.17) is 0 Å². The van der Waals surface area contributed by atoms with Crippen molar-refractivity contribution in [3.63, 3.8) is 0 Å². The van der Waals surface area contributed by atoms with Crippen molar-refractivity contribution in [2.45, 2.75) is 18.9 Å². The average Bonchev–Trinajstić information content (AvgIpc) is 3.11. The second-order valence-electron chi connectivity index (χ2n) is 6.58. The van der Waals surface area contributed by atoms with Crippen molar-refractivity contribution in [3.8, 4) is 0 Å². The van der Waals surface area contributed by atoms with E-state index in [0.29, 0.717) is 6.04 Å². The van der Waals surface area contributed by atoms with Gasteiger partial charge in [0.2, 0.25) is 5.91 Å². The van der Waals surface area contributed by atoms with E-state index in [2.05, 4.69) is 15.6 Å². The van der Waals surface area contributed by atoms with Crippen LogP contribution in [0.1, 0.15) is 24.4 Å². The fourth-order valence-corrected chi connectivity index (χ4v) is 3.48. The molecular formula is C21H20FN3O. The molecule has 0 unspecified atom stereocenters. The highest BCUT2D eigenvalue weighted by molar-refractivity contribution is 5.91. The first-order valence-corrected chi connectivity index (χ1v) is 8.85. The van der Waals surface area contributed by atoms with Crippen molar-refractivity contribution in [1.29, 1.82) is 0 Å². The van der Waals surface area contributed by atoms with Gasteiger partial charge in [-0.1, -0.05) is 24.3 Å². The van der Waals surface area contributed by atoms with Gasteiger partial charge in [-0.25, -0.2) is 9.37 Å². The molecule has 1 saturated heterocycles. The number of hydrogen-bond acceptors (Lipinski definition) is 2. The highest BCUT2D eigenvalue weighted by atomic mass is 19.1. The SMILES string of the molecule is O=C(C=Cc1ccc(F)cc1)N1CCC(n2cnc3ccccc32)CC1. The minimum Gasteiger partial charge on any atom is -0.339 e. The van der Waals surface area contributed by atoms with Gasteiger partial charge in [0.15, 0.2) is 0 Å². The van der Waals surface area contributed by atoms with E-state index in [1.807, 2.05) is 29.4 Å². The Bertz CT molecular complexity index is 937. The molecule has 1 fully saturated rings. The van der Waals surface area contributed by atoms with Crippen LogP contribution in [0.15, 0.2) is 60.9 Å². The molecule has 132 valence electrons. The predicted octanol–water partition coefficient (Wildman–Crippen LogP) is 4.05. The number of halogens is 1. The molecule has 4 nitrogen and oxygen atoms in total. The molecule has 1 amide bonds. The largest absolute Gasteiger partial charge is 0.339 e. The monoisotopic (exact) mass is 349 g/mol. The summed E-state index contributed by atoms with van der Waals surface area (Å²) in [4.78, 5) is 18.7. The first-order chi connectivity index (χ1) is 12.7. The minimum atomic E-state index is -0.275. The van der Waals surface area contributed by atoms with Crippen molar-refractivity contribution >= 4 is 23.0 Å². The first-order valence-electron chi connectivity index (χ1n) is 8.85. The van der Waals surface area contributed by atoms with Gasteiger partial charge >= 0.3 is 0 Å². The molecule has 0 spiro atoms. The van der Waals surface area contributed by atoms with E-state index in [9.17, 15) is 9.18 Å². The number of likely N-dealkylation sites (tertiary alicyclic amines) is 1. The van der Waals surface area contributed by atoms with Crippen molar-refractivity contribution in [2.75, 3.05) is 13.1 Å². The van der Waals surface area contributed by atoms with Gasteiger partial charge in [0.05, 0.1) is 17.4 Å². The number of hydrogen-bond donors (Lipinski definition) is 0. The Balaban J connectivity index is 1.38. The summed E-state index contributed by atoms with van der Waals surface area (Å²) < 4.78 is 15.1. The quantitative estimate of drug-likeness (QED) is 0.669. The molecule has 1 aromatic heterocycles. The van der Waals surface area contributed by atoms with Crippen LogP contribution in [-0.4, -0.2) is 33.4 Å². The maximum atomic E-state index is 12.9. The third-order valence-corrected chi connectivity index (χ3v) is 4.94. The number of amides is 1. The predicted molar refractivity (Wildman–Crippen MR) is 100 cm³/mol. The highest BCUT2D eigenvalue weighted by Gasteiger charge is 2.23. The van der Waals surface area contributed by atoms with Gasteiger partial charge in [-0.3, -0.25) is 4.79 Å². The molecule has 0 N–H and O–H groups in total. The van der Waals surface area contributed by atoms with Crippen LogP contribution in [0.5, 0.6) is 0 Å². The van der Waals surface area contributed by atoms with E-state index in [0.717, 1.165) is 42.5 Å². The molecule has 0 bridgehead atoms. The molecule has 5 heteroatoms. The Morgan fingerprint density at radius 1 is 1.08 bits per heavy atom. The van der Waals surface area contributed by atoms with Crippen LogP contribution in [0.2, 0.25) is 0 Å². The lowest BCUT2D eigenvalue weighted by Gasteiger charge is -2.32. The number of nitrogens with zero attached hydrogens (tertiary/aromatic N) is 3. The van der Waals surface area contributed by atoms with Gasteiger partial charge in [-0.05, 0) is 48.7 Å². The summed E-state index contributed by atoms with van der Waals surface area (Å²) in [7, 11) is 0. The summed E-state index contributed by atoms with van der Waals surface area (Å²) in [6, 6.07) is 14.6. The van der Waals surface area contributed by atoms with Gasteiger partial charge in [-0.2, -0.15) is 0 Å². The smallest absolute Gasteiger partial charge is 0.246 e. The van der Waals surface area contributed by atoms with Crippen molar-refractivity contribution in [1.82, 2.24) is 14.5 Å². The number of fused-ring (bicyclic) bond motifs is 1. The second-order valence-corrected chi connectivity index (χ2v) is 6.58. The molecule has 0 radical (unpaired) electrons. The zero-order chi connectivity index (χ0) is 17.9. The van der Waals surface area contributed by atoms with Crippen LogP contribution in [0.3, 0.4) is 0 Å². The van der Waals surface area contributed by atoms with Crippen LogP contribution in [0.25, 0.3) is 17.1 Å². The van der Waals surface area contributed by atoms with Crippen molar-refractivity contribution in [2.24, 2.45) is 0 Å². The summed E-state index contributed by atoms with van der Waals surface area (Å²) in [5.41, 5.74) is 2.97. The molecule has 1 aliphatic rings. The summed E-state index contributed by atoms with van der Waals surface area (Å²) in [6.07, 6.45) is 7.03. The Kier molecular flexibility index (Phi) is 4.52. The van der Waals surface area contributed by atoms with Crippen molar-refractivity contribution < 1.29 is 9.18 Å². The summed E-state index contributed by atoms with van der Waals surface area (Å²) >= 11 is 0. The molecule has 26 heavy (non-hydrogen) atoms. The maximum absolute atomic E-state index is 12.9. The fraction of sp³-hybridized carbons (Fsp3) is 0.238. The van der Waals surface area contributed by atoms with E-state index in [1.54, 1.807) is 24.3 Å². The molecular weight excluding hydrogens is 329 g/mol. The van der Waals surface area contributed by atoms with E-state index >= 15 is 0 Å². The van der Waals surface area contributed by atoms with E-state index in [1.165, 1.54) is 12.1 Å². The van der Waals surface area contributed by atoms with Gasteiger partial charge in [0, 0.05) is 25.2 Å². The third kappa shape index (κ3) is 3.38. The number of carbonyl (C=O) groups is 1. The van der Waals surface area contributed by atoms with Gasteiger partial charge in [0.25, 0.3) is 0 Å². The normalized spacial score (nSPS) is 15.8. The third-order valence-electron chi connectivity index (χ3n) is 4.94. The fourth-order valence-electron chi connectivity index (χ4n) is 3.48. The number of imidazole rings is 1. The summed E-state index contributed by atoms with van der Waals surface area (Å²) in [6.45, 7) is 1.45. The van der Waals surface area contributed by atoms with Gasteiger partial charge in [-0.15, -0.1) is 0 Å². The molecule has 1 aliphatic heterocycles. The average molecular weight is 349 g/mol. The van der Waals surface area contributed by atoms with Crippen LogP contribution in [0, 0.1) is 5.82 Å². The molecule has 2 aromatic carbocycles. The minimum absolute atomic E-state index is 0.00302. The number of para-hydroxylation sites is 2. The van der Waals surface area contributed by atoms with E-state index in [-0.39, 0.29) is 11.7 Å². The lowest BCUT2D eigenvalue weighted by Crippen LogP contribution is -2.38. The Hall–Kier alpha value is -2.95. The molecule has 0 atom stereocenters. The van der Waals surface area contributed by atoms with E-state index < -0.39 is 0 Å². The lowest BCUT2D eigenvalue weighted by molar-refractivity contribution is -0.127. The molecule has 0 aliphatic carbocycles. The standard InChI is InChI=1S/C21H20FN3O/c22-17-8-5-16(6-9-17)7-10-21(26)24-13-11-18(12-14-24)25-15-23-19-3-1-2-4-20(19)25/h1-10,15,18H,11-14H2. The zero-order valence-electron chi connectivity index (χ0n) is 14.4. The molecule has 2 heterocycles. The highest BCUT2D eigenvalue weighted by Crippen LogP contribution is 2.26. The topological polar surface area (TPSA) is 38.1 Å².